The second-order valence-corrected chi connectivity index (χ2v) is 7.78. The Bertz CT molecular complexity index is 1080. The van der Waals surface area contributed by atoms with Crippen LogP contribution in [0.15, 0.2) is 48.5 Å². The molecule has 1 amide bonds. The number of amides is 1. The standard InChI is InChI=1S/C23H24ClN3O3/c1-3-5-14-26-21(28)19(22(29)30-4-2)20(15-10-12-16(24)13-11-15)27-18-9-7-6-8-17(18)25-23(26)27/h6-13,19-20H,3-5,14H2,1-2H3. The summed E-state index contributed by atoms with van der Waals surface area (Å²) >= 11 is 6.10. The highest BCUT2D eigenvalue weighted by Gasteiger charge is 2.47. The molecule has 0 saturated carbocycles. The number of para-hydroxylation sites is 2. The zero-order valence-electron chi connectivity index (χ0n) is 17.0. The highest BCUT2D eigenvalue weighted by atomic mass is 35.5. The normalized spacial score (nSPS) is 18.5. The minimum absolute atomic E-state index is 0.211. The van der Waals surface area contributed by atoms with Crippen LogP contribution in [0.25, 0.3) is 11.0 Å². The van der Waals surface area contributed by atoms with Crippen LogP contribution >= 0.6 is 11.6 Å². The van der Waals surface area contributed by atoms with Gasteiger partial charge in [-0.25, -0.2) is 4.98 Å². The summed E-state index contributed by atoms with van der Waals surface area (Å²) in [6.45, 7) is 4.52. The van der Waals surface area contributed by atoms with Gasteiger partial charge in [0.1, 0.15) is 0 Å². The van der Waals surface area contributed by atoms with E-state index in [4.69, 9.17) is 21.3 Å². The molecule has 0 spiro atoms. The van der Waals surface area contributed by atoms with Crippen molar-refractivity contribution in [2.75, 3.05) is 18.1 Å². The van der Waals surface area contributed by atoms with Gasteiger partial charge >= 0.3 is 5.97 Å². The number of ether oxygens (including phenoxy) is 1. The average Bonchev–Trinajstić information content (AvgIpc) is 3.12. The van der Waals surface area contributed by atoms with Gasteiger partial charge in [0.2, 0.25) is 11.9 Å². The molecule has 6 nitrogen and oxygen atoms in total. The number of unbranched alkanes of at least 4 members (excludes halogenated alkanes) is 1. The van der Waals surface area contributed by atoms with Crippen molar-refractivity contribution in [3.05, 3.63) is 59.1 Å². The molecule has 7 heteroatoms. The first-order chi connectivity index (χ1) is 14.6. The molecule has 3 aromatic rings. The van der Waals surface area contributed by atoms with E-state index in [1.54, 1.807) is 24.0 Å². The fourth-order valence-corrected chi connectivity index (χ4v) is 4.16. The Labute approximate surface area is 180 Å². The van der Waals surface area contributed by atoms with Crippen molar-refractivity contribution < 1.29 is 14.3 Å². The van der Waals surface area contributed by atoms with Crippen molar-refractivity contribution in [2.24, 2.45) is 5.92 Å². The summed E-state index contributed by atoms with van der Waals surface area (Å²) in [5, 5.41) is 0.592. The predicted octanol–water partition coefficient (Wildman–Crippen LogP) is 4.61. The van der Waals surface area contributed by atoms with Crippen LogP contribution in [0.3, 0.4) is 0 Å². The van der Waals surface area contributed by atoms with Crippen LogP contribution in [-0.2, 0) is 14.3 Å². The van der Waals surface area contributed by atoms with Gasteiger partial charge in [-0.3, -0.25) is 14.5 Å². The lowest BCUT2D eigenvalue weighted by Crippen LogP contribution is -2.50. The predicted molar refractivity (Wildman–Crippen MR) is 117 cm³/mol. The third-order valence-corrected chi connectivity index (χ3v) is 5.68. The van der Waals surface area contributed by atoms with Crippen molar-refractivity contribution in [3.8, 4) is 0 Å². The van der Waals surface area contributed by atoms with Crippen LogP contribution in [0.1, 0.15) is 38.3 Å². The lowest BCUT2D eigenvalue weighted by molar-refractivity contribution is -0.153. The second-order valence-electron chi connectivity index (χ2n) is 7.34. The van der Waals surface area contributed by atoms with Gasteiger partial charge in [0.15, 0.2) is 5.92 Å². The van der Waals surface area contributed by atoms with E-state index in [0.29, 0.717) is 17.5 Å². The number of anilines is 1. The first-order valence-corrected chi connectivity index (χ1v) is 10.6. The fourth-order valence-electron chi connectivity index (χ4n) is 4.04. The van der Waals surface area contributed by atoms with Crippen molar-refractivity contribution in [3.63, 3.8) is 0 Å². The molecule has 0 saturated heterocycles. The lowest BCUT2D eigenvalue weighted by Gasteiger charge is -2.38. The van der Waals surface area contributed by atoms with Gasteiger partial charge in [0, 0.05) is 11.6 Å². The van der Waals surface area contributed by atoms with Crippen LogP contribution in [0, 0.1) is 5.92 Å². The zero-order chi connectivity index (χ0) is 21.3. The smallest absolute Gasteiger partial charge is 0.321 e. The molecule has 156 valence electrons. The van der Waals surface area contributed by atoms with E-state index in [2.05, 4.69) is 6.92 Å². The fraction of sp³-hybridized carbons (Fsp3) is 0.348. The maximum Gasteiger partial charge on any atom is 0.321 e. The molecule has 2 heterocycles. The number of hydrogen-bond acceptors (Lipinski definition) is 4. The highest BCUT2D eigenvalue weighted by molar-refractivity contribution is 6.30. The molecule has 2 aromatic carbocycles. The molecule has 1 aliphatic heterocycles. The largest absolute Gasteiger partial charge is 0.465 e. The van der Waals surface area contributed by atoms with Crippen molar-refractivity contribution in [1.82, 2.24) is 9.55 Å². The van der Waals surface area contributed by atoms with E-state index in [1.165, 1.54) is 0 Å². The Kier molecular flexibility index (Phi) is 5.77. The summed E-state index contributed by atoms with van der Waals surface area (Å²) < 4.78 is 7.33. The van der Waals surface area contributed by atoms with E-state index in [-0.39, 0.29) is 12.5 Å². The molecular weight excluding hydrogens is 402 g/mol. The SMILES string of the molecule is CCCCN1C(=O)C(C(=O)OCC)C(c2ccc(Cl)cc2)n2c1nc1ccccc12. The number of hydrogen-bond donors (Lipinski definition) is 0. The molecule has 0 radical (unpaired) electrons. The Morgan fingerprint density at radius 1 is 1.13 bits per heavy atom. The minimum atomic E-state index is -0.993. The monoisotopic (exact) mass is 425 g/mol. The molecule has 1 aliphatic rings. The number of imidazole rings is 1. The van der Waals surface area contributed by atoms with E-state index >= 15 is 0 Å². The summed E-state index contributed by atoms with van der Waals surface area (Å²) in [6.07, 6.45) is 1.74. The summed E-state index contributed by atoms with van der Waals surface area (Å²) in [5.74, 6) is -1.22. The number of rotatable bonds is 6. The average molecular weight is 426 g/mol. The van der Waals surface area contributed by atoms with Gasteiger partial charge in [0.25, 0.3) is 0 Å². The summed E-state index contributed by atoms with van der Waals surface area (Å²) in [5.41, 5.74) is 2.46. The zero-order valence-corrected chi connectivity index (χ0v) is 17.8. The number of halogens is 1. The number of benzene rings is 2. The number of aromatic nitrogens is 2. The number of esters is 1. The summed E-state index contributed by atoms with van der Waals surface area (Å²) in [6, 6.07) is 14.4. The Morgan fingerprint density at radius 3 is 2.57 bits per heavy atom. The third kappa shape index (κ3) is 3.45. The highest BCUT2D eigenvalue weighted by Crippen LogP contribution is 2.41. The van der Waals surface area contributed by atoms with Crippen LogP contribution in [0.5, 0.6) is 0 Å². The Balaban J connectivity index is 1.97. The third-order valence-electron chi connectivity index (χ3n) is 5.43. The molecule has 2 unspecified atom stereocenters. The van der Waals surface area contributed by atoms with E-state index in [1.807, 2.05) is 41.0 Å². The topological polar surface area (TPSA) is 64.4 Å². The van der Waals surface area contributed by atoms with Gasteiger partial charge in [-0.15, -0.1) is 0 Å². The number of carbonyl (C=O) groups is 2. The maximum absolute atomic E-state index is 13.6. The van der Waals surface area contributed by atoms with E-state index in [0.717, 1.165) is 29.4 Å². The van der Waals surface area contributed by atoms with Crippen LogP contribution in [0.4, 0.5) is 5.95 Å². The van der Waals surface area contributed by atoms with Gasteiger partial charge in [-0.1, -0.05) is 49.2 Å². The second kappa shape index (κ2) is 8.48. The van der Waals surface area contributed by atoms with Crippen LogP contribution in [0.2, 0.25) is 5.02 Å². The first-order valence-electron chi connectivity index (χ1n) is 10.3. The molecule has 0 N–H and O–H groups in total. The van der Waals surface area contributed by atoms with Gasteiger partial charge in [0.05, 0.1) is 23.7 Å². The molecule has 1 aromatic heterocycles. The van der Waals surface area contributed by atoms with Crippen molar-refractivity contribution in [1.29, 1.82) is 0 Å². The van der Waals surface area contributed by atoms with Gasteiger partial charge in [-0.2, -0.15) is 0 Å². The molecular formula is C23H24ClN3O3. The molecule has 4 rings (SSSR count). The minimum Gasteiger partial charge on any atom is -0.465 e. The van der Waals surface area contributed by atoms with Crippen molar-refractivity contribution >= 4 is 40.5 Å². The van der Waals surface area contributed by atoms with Gasteiger partial charge in [-0.05, 0) is 43.2 Å². The molecule has 0 aliphatic carbocycles. The van der Waals surface area contributed by atoms with Crippen molar-refractivity contribution in [2.45, 2.75) is 32.7 Å². The number of fused-ring (bicyclic) bond motifs is 3. The quantitative estimate of drug-likeness (QED) is 0.427. The number of nitrogens with zero attached hydrogens (tertiary/aromatic N) is 3. The first kappa shape index (κ1) is 20.4. The maximum atomic E-state index is 13.6. The summed E-state index contributed by atoms with van der Waals surface area (Å²) in [7, 11) is 0. The number of carbonyl (C=O) groups excluding carboxylic acids is 2. The molecule has 0 bridgehead atoms. The molecule has 30 heavy (non-hydrogen) atoms. The summed E-state index contributed by atoms with van der Waals surface area (Å²) in [4.78, 5) is 33.0. The van der Waals surface area contributed by atoms with Gasteiger partial charge < -0.3 is 9.30 Å². The van der Waals surface area contributed by atoms with Crippen LogP contribution in [-0.4, -0.2) is 34.6 Å². The Morgan fingerprint density at radius 2 is 1.87 bits per heavy atom. The van der Waals surface area contributed by atoms with E-state index < -0.39 is 17.9 Å². The van der Waals surface area contributed by atoms with E-state index in [9.17, 15) is 9.59 Å². The molecule has 0 fully saturated rings. The Hall–Kier alpha value is -2.86. The lowest BCUT2D eigenvalue weighted by atomic mass is 9.89. The molecule has 2 atom stereocenters. The van der Waals surface area contributed by atoms with Crippen LogP contribution < -0.4 is 4.90 Å².